The maximum atomic E-state index is 13.3. The molecule has 0 bridgehead atoms. The number of carbonyl (C=O) groups is 2. The van der Waals surface area contributed by atoms with Crippen LogP contribution in [0.4, 0.5) is 11.4 Å². The number of rotatable bonds is 4. The number of ether oxygens (including phenoxy) is 1. The number of nitrogens with one attached hydrogen (secondary N) is 2. The fraction of sp³-hybridized carbons (Fsp3) is 0.300. The Morgan fingerprint density at radius 1 is 1.27 bits per heavy atom. The Bertz CT molecular complexity index is 1140. The summed E-state index contributed by atoms with van der Waals surface area (Å²) in [4.78, 5) is 24.5. The Balaban J connectivity index is 1.58. The van der Waals surface area contributed by atoms with Crippen LogP contribution in [0.15, 0.2) is 45.8 Å². The highest BCUT2D eigenvalue weighted by molar-refractivity contribution is 9.10. The zero-order valence-corrected chi connectivity index (χ0v) is 18.5. The molecule has 8 nitrogen and oxygen atoms in total. The van der Waals surface area contributed by atoms with Gasteiger partial charge in [-0.15, -0.1) is 0 Å². The van der Waals surface area contributed by atoms with Gasteiger partial charge in [0.1, 0.15) is 11.8 Å². The number of sulfonamides is 1. The van der Waals surface area contributed by atoms with E-state index in [1.165, 1.54) is 22.5 Å². The maximum Gasteiger partial charge on any atom is 0.262 e. The summed E-state index contributed by atoms with van der Waals surface area (Å²) in [6.45, 7) is 2.07. The van der Waals surface area contributed by atoms with E-state index in [1.807, 2.05) is 19.1 Å². The molecule has 1 fully saturated rings. The Morgan fingerprint density at radius 3 is 2.83 bits per heavy atom. The third-order valence-electron chi connectivity index (χ3n) is 5.08. The van der Waals surface area contributed by atoms with Crippen molar-refractivity contribution in [2.45, 2.75) is 30.7 Å². The van der Waals surface area contributed by atoms with Crippen molar-refractivity contribution in [2.24, 2.45) is 0 Å². The zero-order chi connectivity index (χ0) is 21.5. The first kappa shape index (κ1) is 20.8. The molecule has 10 heteroatoms. The van der Waals surface area contributed by atoms with Crippen molar-refractivity contribution in [3.63, 3.8) is 0 Å². The van der Waals surface area contributed by atoms with E-state index in [0.29, 0.717) is 30.0 Å². The molecular formula is C20H20BrN3O5S. The normalized spacial score (nSPS) is 19.0. The minimum Gasteiger partial charge on any atom is -0.482 e. The van der Waals surface area contributed by atoms with Crippen LogP contribution >= 0.6 is 15.9 Å². The highest BCUT2D eigenvalue weighted by Gasteiger charge is 2.40. The lowest BCUT2D eigenvalue weighted by atomic mass is 10.2. The molecule has 2 aromatic rings. The van der Waals surface area contributed by atoms with E-state index in [-0.39, 0.29) is 29.9 Å². The van der Waals surface area contributed by atoms with Gasteiger partial charge in [0.05, 0.1) is 16.3 Å². The minimum absolute atomic E-state index is 0.00302. The second kappa shape index (κ2) is 8.01. The van der Waals surface area contributed by atoms with E-state index in [2.05, 4.69) is 26.6 Å². The van der Waals surface area contributed by atoms with E-state index in [9.17, 15) is 18.0 Å². The van der Waals surface area contributed by atoms with E-state index in [4.69, 9.17) is 4.74 Å². The first-order valence-electron chi connectivity index (χ1n) is 9.41. The van der Waals surface area contributed by atoms with Crippen LogP contribution in [0.5, 0.6) is 5.75 Å². The molecule has 1 atom stereocenters. The van der Waals surface area contributed by atoms with Crippen molar-refractivity contribution in [1.29, 1.82) is 0 Å². The monoisotopic (exact) mass is 493 g/mol. The molecule has 0 radical (unpaired) electrons. The Hall–Kier alpha value is -2.43. The molecule has 2 N–H and O–H groups in total. The Morgan fingerprint density at radius 2 is 2.07 bits per heavy atom. The number of hydrogen-bond acceptors (Lipinski definition) is 5. The SMILES string of the molecule is Cc1ccc(NC(=O)[C@H]2CCCN2S(=O)(=O)c2ccc3c(c2)NC(=O)CO3)c(Br)c1. The smallest absolute Gasteiger partial charge is 0.262 e. The molecule has 30 heavy (non-hydrogen) atoms. The number of carbonyl (C=O) groups excluding carboxylic acids is 2. The maximum absolute atomic E-state index is 13.3. The van der Waals surface area contributed by atoms with Gasteiger partial charge in [0, 0.05) is 11.0 Å². The first-order valence-corrected chi connectivity index (χ1v) is 11.6. The van der Waals surface area contributed by atoms with Gasteiger partial charge < -0.3 is 15.4 Å². The lowest BCUT2D eigenvalue weighted by Gasteiger charge is -2.25. The highest BCUT2D eigenvalue weighted by atomic mass is 79.9. The van der Waals surface area contributed by atoms with E-state index in [0.717, 1.165) is 10.0 Å². The number of benzene rings is 2. The van der Waals surface area contributed by atoms with Gasteiger partial charge in [-0.25, -0.2) is 8.42 Å². The van der Waals surface area contributed by atoms with Gasteiger partial charge in [0.25, 0.3) is 5.91 Å². The van der Waals surface area contributed by atoms with Crippen molar-refractivity contribution in [1.82, 2.24) is 4.31 Å². The summed E-state index contributed by atoms with van der Waals surface area (Å²) in [5.74, 6) is -0.317. The molecule has 2 aromatic carbocycles. The minimum atomic E-state index is -3.94. The van der Waals surface area contributed by atoms with Crippen molar-refractivity contribution in [2.75, 3.05) is 23.8 Å². The van der Waals surface area contributed by atoms with Crippen LogP contribution in [0, 0.1) is 6.92 Å². The van der Waals surface area contributed by atoms with Gasteiger partial charge in [0.2, 0.25) is 15.9 Å². The average molecular weight is 494 g/mol. The number of hydrogen-bond donors (Lipinski definition) is 2. The second-order valence-electron chi connectivity index (χ2n) is 7.24. The Labute approximate surface area is 182 Å². The number of anilines is 2. The van der Waals surface area contributed by atoms with Gasteiger partial charge >= 0.3 is 0 Å². The third-order valence-corrected chi connectivity index (χ3v) is 7.64. The summed E-state index contributed by atoms with van der Waals surface area (Å²) in [5.41, 5.74) is 1.92. The number of amides is 2. The van der Waals surface area contributed by atoms with Crippen LogP contribution < -0.4 is 15.4 Å². The topological polar surface area (TPSA) is 105 Å². The van der Waals surface area contributed by atoms with E-state index < -0.39 is 16.1 Å². The molecule has 0 aromatic heterocycles. The molecular weight excluding hydrogens is 474 g/mol. The van der Waals surface area contributed by atoms with Crippen LogP contribution in [0.1, 0.15) is 18.4 Å². The fourth-order valence-electron chi connectivity index (χ4n) is 3.59. The summed E-state index contributed by atoms with van der Waals surface area (Å²) in [6.07, 6.45) is 1.01. The standard InChI is InChI=1S/C20H20BrN3O5S/c1-12-4-6-15(14(21)9-12)23-20(26)17-3-2-8-24(17)30(27,28)13-5-7-18-16(10-13)22-19(25)11-29-18/h4-7,9-10,17H,2-3,8,11H2,1H3,(H,22,25)(H,23,26)/t17-/m1/s1. The molecule has 0 saturated carbocycles. The molecule has 2 aliphatic heterocycles. The summed E-state index contributed by atoms with van der Waals surface area (Å²) < 4.78 is 33.8. The molecule has 0 aliphatic carbocycles. The summed E-state index contributed by atoms with van der Waals surface area (Å²) in [6, 6.07) is 9.01. The molecule has 0 unspecified atom stereocenters. The summed E-state index contributed by atoms with van der Waals surface area (Å²) >= 11 is 3.42. The van der Waals surface area contributed by atoms with Gasteiger partial charge in [-0.3, -0.25) is 9.59 Å². The van der Waals surface area contributed by atoms with Crippen LogP contribution in [-0.4, -0.2) is 43.7 Å². The van der Waals surface area contributed by atoms with Crippen molar-refractivity contribution < 1.29 is 22.7 Å². The van der Waals surface area contributed by atoms with Gasteiger partial charge in [-0.2, -0.15) is 4.31 Å². The summed E-state index contributed by atoms with van der Waals surface area (Å²) in [5, 5.41) is 5.43. The quantitative estimate of drug-likeness (QED) is 0.681. The number of halogens is 1. The second-order valence-corrected chi connectivity index (χ2v) is 9.99. The molecule has 4 rings (SSSR count). The zero-order valence-electron chi connectivity index (χ0n) is 16.1. The van der Waals surface area contributed by atoms with Crippen LogP contribution in [0.25, 0.3) is 0 Å². The lowest BCUT2D eigenvalue weighted by Crippen LogP contribution is -2.43. The van der Waals surface area contributed by atoms with Crippen molar-refractivity contribution >= 4 is 49.1 Å². The molecule has 158 valence electrons. The largest absolute Gasteiger partial charge is 0.482 e. The number of nitrogens with zero attached hydrogens (tertiary/aromatic N) is 1. The lowest BCUT2D eigenvalue weighted by molar-refractivity contribution is -0.119. The fourth-order valence-corrected chi connectivity index (χ4v) is 5.86. The van der Waals surface area contributed by atoms with Gasteiger partial charge in [-0.1, -0.05) is 6.07 Å². The third kappa shape index (κ3) is 3.94. The Kier molecular flexibility index (Phi) is 5.56. The van der Waals surface area contributed by atoms with Crippen molar-refractivity contribution in [3.05, 3.63) is 46.4 Å². The first-order chi connectivity index (χ1) is 14.3. The predicted octanol–water partition coefficient (Wildman–Crippen LogP) is 2.88. The van der Waals surface area contributed by atoms with E-state index >= 15 is 0 Å². The van der Waals surface area contributed by atoms with E-state index in [1.54, 1.807) is 6.07 Å². The summed E-state index contributed by atoms with van der Waals surface area (Å²) in [7, 11) is -3.94. The molecule has 2 amide bonds. The molecule has 1 saturated heterocycles. The van der Waals surface area contributed by atoms with Crippen LogP contribution in [-0.2, 0) is 19.6 Å². The van der Waals surface area contributed by atoms with Gasteiger partial charge in [-0.05, 0) is 71.6 Å². The van der Waals surface area contributed by atoms with Crippen LogP contribution in [0.2, 0.25) is 0 Å². The highest BCUT2D eigenvalue weighted by Crippen LogP contribution is 2.34. The molecule has 2 aliphatic rings. The average Bonchev–Trinajstić information content (AvgIpc) is 3.20. The van der Waals surface area contributed by atoms with Crippen molar-refractivity contribution in [3.8, 4) is 5.75 Å². The predicted molar refractivity (Wildman–Crippen MR) is 115 cm³/mol. The number of aryl methyl sites for hydroxylation is 1. The van der Waals surface area contributed by atoms with Gasteiger partial charge in [0.15, 0.2) is 6.61 Å². The number of fused-ring (bicyclic) bond motifs is 1. The molecule has 2 heterocycles. The van der Waals surface area contributed by atoms with Crippen LogP contribution in [0.3, 0.4) is 0 Å². The molecule has 0 spiro atoms.